The molecule has 0 spiro atoms. The van der Waals surface area contributed by atoms with Crippen LogP contribution < -0.4 is 10.6 Å². The molecule has 1 atom stereocenters. The van der Waals surface area contributed by atoms with Crippen LogP contribution in [-0.4, -0.2) is 86.4 Å². The number of hydrogen-bond acceptors (Lipinski definition) is 8. The van der Waals surface area contributed by atoms with E-state index in [0.717, 1.165) is 12.8 Å². The number of ether oxygens (including phenoxy) is 1. The molecule has 3 amide bonds. The fraction of sp³-hybridized carbons (Fsp3) is 0.565. The van der Waals surface area contributed by atoms with Crippen LogP contribution in [-0.2, 0) is 19.4 Å². The van der Waals surface area contributed by atoms with E-state index in [9.17, 15) is 22.8 Å². The first-order valence-corrected chi connectivity index (χ1v) is 13.6. The van der Waals surface area contributed by atoms with Crippen LogP contribution >= 0.6 is 0 Å². The van der Waals surface area contributed by atoms with Crippen LogP contribution in [0.15, 0.2) is 28.7 Å². The Morgan fingerprint density at radius 1 is 1.14 bits per heavy atom. The minimum Gasteiger partial charge on any atom is -0.434 e. The number of urea groups is 1. The maximum Gasteiger partial charge on any atom is 0.318 e. The van der Waals surface area contributed by atoms with E-state index in [4.69, 9.17) is 9.15 Å². The topological polar surface area (TPSA) is 148 Å². The largest absolute Gasteiger partial charge is 0.434 e. The highest BCUT2D eigenvalue weighted by Gasteiger charge is 2.33. The number of rotatable bonds is 11. The normalized spacial score (nSPS) is 17.2. The number of ketones is 1. The van der Waals surface area contributed by atoms with Crippen molar-refractivity contribution in [2.75, 3.05) is 44.4 Å². The molecule has 0 radical (unpaired) electrons. The van der Waals surface area contributed by atoms with E-state index in [1.54, 1.807) is 24.3 Å². The van der Waals surface area contributed by atoms with Crippen molar-refractivity contribution >= 4 is 38.7 Å². The number of morpholine rings is 1. The molecule has 12 heteroatoms. The van der Waals surface area contributed by atoms with Gasteiger partial charge < -0.3 is 24.7 Å². The minimum absolute atomic E-state index is 0.0133. The number of amides is 3. The summed E-state index contributed by atoms with van der Waals surface area (Å²) >= 11 is 0. The molecular weight excluding hydrogens is 476 g/mol. The van der Waals surface area contributed by atoms with Crippen molar-refractivity contribution < 1.29 is 32.0 Å². The van der Waals surface area contributed by atoms with Gasteiger partial charge in [-0.3, -0.25) is 9.59 Å². The zero-order valence-corrected chi connectivity index (χ0v) is 20.2. The molecule has 2 aliphatic rings. The van der Waals surface area contributed by atoms with Gasteiger partial charge in [0.2, 0.25) is 11.7 Å². The summed E-state index contributed by atoms with van der Waals surface area (Å²) in [5.74, 6) is -1.19. The van der Waals surface area contributed by atoms with Crippen LogP contribution in [0, 0.1) is 5.92 Å². The number of sulfone groups is 1. The molecule has 11 nitrogen and oxygen atoms in total. The van der Waals surface area contributed by atoms with Crippen molar-refractivity contribution in [3.05, 3.63) is 30.2 Å². The second-order valence-corrected chi connectivity index (χ2v) is 11.1. The first kappa shape index (κ1) is 25.1. The van der Waals surface area contributed by atoms with Crippen molar-refractivity contribution in [3.63, 3.8) is 0 Å². The Morgan fingerprint density at radius 3 is 2.60 bits per heavy atom. The smallest absolute Gasteiger partial charge is 0.318 e. The second kappa shape index (κ2) is 11.2. The van der Waals surface area contributed by atoms with Crippen LogP contribution in [0.3, 0.4) is 0 Å². The zero-order chi connectivity index (χ0) is 24.8. The molecule has 1 saturated heterocycles. The van der Waals surface area contributed by atoms with Gasteiger partial charge in [-0.15, -0.1) is 0 Å². The molecule has 35 heavy (non-hydrogen) atoms. The molecule has 2 N–H and O–H groups in total. The Labute approximate surface area is 203 Å². The molecule has 1 aromatic carbocycles. The lowest BCUT2D eigenvalue weighted by atomic mass is 10.2. The molecule has 2 fully saturated rings. The maximum atomic E-state index is 12.8. The number of nitrogens with zero attached hydrogens (tertiary/aromatic N) is 2. The van der Waals surface area contributed by atoms with Gasteiger partial charge in [0.15, 0.2) is 15.4 Å². The van der Waals surface area contributed by atoms with Crippen LogP contribution in [0.1, 0.15) is 36.4 Å². The lowest BCUT2D eigenvalue weighted by Gasteiger charge is -2.29. The first-order chi connectivity index (χ1) is 16.8. The summed E-state index contributed by atoms with van der Waals surface area (Å²) in [6, 6.07) is 5.34. The van der Waals surface area contributed by atoms with Crippen LogP contribution in [0.2, 0.25) is 0 Å². The van der Waals surface area contributed by atoms with Crippen molar-refractivity contribution in [2.24, 2.45) is 5.92 Å². The summed E-state index contributed by atoms with van der Waals surface area (Å²) in [4.78, 5) is 43.5. The Balaban J connectivity index is 1.30. The summed E-state index contributed by atoms with van der Waals surface area (Å²) < 4.78 is 35.8. The van der Waals surface area contributed by atoms with Gasteiger partial charge in [0.1, 0.15) is 11.6 Å². The average molecular weight is 507 g/mol. The number of benzene rings is 1. The van der Waals surface area contributed by atoms with E-state index in [1.807, 2.05) is 0 Å². The van der Waals surface area contributed by atoms with E-state index in [1.165, 1.54) is 4.90 Å². The van der Waals surface area contributed by atoms with E-state index < -0.39 is 33.6 Å². The van der Waals surface area contributed by atoms with Gasteiger partial charge in [-0.05, 0) is 37.3 Å². The summed E-state index contributed by atoms with van der Waals surface area (Å²) in [6.45, 7) is 1.65. The number of Topliss-reactive ketones (excluding diaryl/α,β-unsaturated/α-hetero) is 1. The third-order valence-electron chi connectivity index (χ3n) is 5.93. The molecule has 1 saturated carbocycles. The number of fused-ring (bicyclic) bond motifs is 1. The lowest BCUT2D eigenvalue weighted by molar-refractivity contribution is -0.122. The molecule has 1 aliphatic heterocycles. The van der Waals surface area contributed by atoms with Crippen LogP contribution in [0.25, 0.3) is 11.1 Å². The summed E-state index contributed by atoms with van der Waals surface area (Å²) in [7, 11) is -3.53. The summed E-state index contributed by atoms with van der Waals surface area (Å²) in [5, 5.41) is 5.23. The lowest BCUT2D eigenvalue weighted by Crippen LogP contribution is -2.55. The number of carbonyl (C=O) groups is 3. The molecule has 190 valence electrons. The Kier molecular flexibility index (Phi) is 8.01. The highest BCUT2D eigenvalue weighted by atomic mass is 32.2. The number of carbonyl (C=O) groups excluding carboxylic acids is 3. The van der Waals surface area contributed by atoms with E-state index >= 15 is 0 Å². The van der Waals surface area contributed by atoms with Crippen molar-refractivity contribution in [1.29, 1.82) is 0 Å². The highest BCUT2D eigenvalue weighted by molar-refractivity contribution is 7.91. The van der Waals surface area contributed by atoms with Gasteiger partial charge in [0.25, 0.3) is 5.89 Å². The zero-order valence-electron chi connectivity index (χ0n) is 19.4. The molecular formula is C23H30N4O7S. The predicted molar refractivity (Wildman–Crippen MR) is 127 cm³/mol. The number of hydrogen-bond donors (Lipinski definition) is 2. The molecule has 2 heterocycles. The monoisotopic (exact) mass is 506 g/mol. The number of oxazole rings is 1. The molecule has 1 aromatic heterocycles. The van der Waals surface area contributed by atoms with Gasteiger partial charge in [0.05, 0.1) is 24.7 Å². The van der Waals surface area contributed by atoms with Gasteiger partial charge in [-0.25, -0.2) is 18.2 Å². The SMILES string of the molecule is O=C(CCCNC(=O)[C@H](CS(=O)(=O)CC1CC1)NC(=O)N1CCOCC1)c1nc2ccccc2o1. The molecule has 4 rings (SSSR count). The van der Waals surface area contributed by atoms with Gasteiger partial charge >= 0.3 is 6.03 Å². The third-order valence-corrected chi connectivity index (χ3v) is 7.75. The fourth-order valence-electron chi connectivity index (χ4n) is 3.84. The van der Waals surface area contributed by atoms with E-state index in [0.29, 0.717) is 43.8 Å². The number of para-hydroxylation sites is 2. The van der Waals surface area contributed by atoms with E-state index in [2.05, 4.69) is 15.6 Å². The minimum atomic E-state index is -3.53. The maximum absolute atomic E-state index is 12.8. The van der Waals surface area contributed by atoms with Crippen molar-refractivity contribution in [2.45, 2.75) is 31.7 Å². The third kappa shape index (κ3) is 7.25. The quantitative estimate of drug-likeness (QED) is 0.341. The molecule has 0 bridgehead atoms. The van der Waals surface area contributed by atoms with Crippen LogP contribution in [0.4, 0.5) is 4.79 Å². The van der Waals surface area contributed by atoms with Gasteiger partial charge in [-0.2, -0.15) is 0 Å². The number of nitrogens with one attached hydrogen (secondary N) is 2. The number of aromatic nitrogens is 1. The Morgan fingerprint density at radius 2 is 1.89 bits per heavy atom. The average Bonchev–Trinajstić information content (AvgIpc) is 3.53. The Bertz CT molecular complexity index is 1140. The predicted octanol–water partition coefficient (Wildman–Crippen LogP) is 1.14. The second-order valence-electron chi connectivity index (χ2n) is 8.93. The Hall–Kier alpha value is -2.99. The van der Waals surface area contributed by atoms with Gasteiger partial charge in [0, 0.05) is 26.1 Å². The molecule has 0 unspecified atom stereocenters. The van der Waals surface area contributed by atoms with E-state index in [-0.39, 0.29) is 36.3 Å². The highest BCUT2D eigenvalue weighted by Crippen LogP contribution is 2.30. The first-order valence-electron chi connectivity index (χ1n) is 11.8. The fourth-order valence-corrected chi connectivity index (χ4v) is 5.77. The van der Waals surface area contributed by atoms with Gasteiger partial charge in [-0.1, -0.05) is 12.1 Å². The summed E-state index contributed by atoms with van der Waals surface area (Å²) in [6.07, 6.45) is 2.13. The molecule has 1 aliphatic carbocycles. The molecule has 2 aromatic rings. The van der Waals surface area contributed by atoms with Crippen molar-refractivity contribution in [1.82, 2.24) is 20.5 Å². The van der Waals surface area contributed by atoms with Crippen molar-refractivity contribution in [3.8, 4) is 0 Å². The summed E-state index contributed by atoms with van der Waals surface area (Å²) in [5.41, 5.74) is 1.12. The van der Waals surface area contributed by atoms with Crippen LogP contribution in [0.5, 0.6) is 0 Å². The standard InChI is InChI=1S/C23H30N4O7S/c28-19(22-25-17-4-1-2-6-20(17)34-22)5-3-9-24-21(29)18(15-35(31,32)14-16-7-8-16)26-23(30)27-10-12-33-13-11-27/h1-2,4,6,16,18H,3,5,7-15H2,(H,24,29)(H,26,30)/t18-/m0/s1.